The molecular weight excluding hydrogens is 226 g/mol. The fraction of sp³-hybridized carbons (Fsp3) is 0.733. The van der Waals surface area contributed by atoms with Gasteiger partial charge >= 0.3 is 0 Å². The lowest BCUT2D eigenvalue weighted by molar-refractivity contribution is 0.341. The van der Waals surface area contributed by atoms with Gasteiger partial charge in [0, 0.05) is 0 Å². The van der Waals surface area contributed by atoms with Gasteiger partial charge in [-0.15, -0.1) is 0 Å². The van der Waals surface area contributed by atoms with E-state index in [1.54, 1.807) is 11.3 Å². The summed E-state index contributed by atoms with van der Waals surface area (Å²) in [4.78, 5) is 0. The van der Waals surface area contributed by atoms with Gasteiger partial charge in [0.15, 0.2) is 0 Å². The lowest BCUT2D eigenvalue weighted by Gasteiger charge is -2.20. The van der Waals surface area contributed by atoms with Crippen molar-refractivity contribution in [3.8, 4) is 0 Å². The Kier molecular flexibility index (Phi) is 6.83. The first-order valence-electron chi connectivity index (χ1n) is 6.81. The highest BCUT2D eigenvalue weighted by atomic mass is 32.1. The maximum Gasteiger partial charge on any atom is -0.00205 e. The van der Waals surface area contributed by atoms with Gasteiger partial charge < -0.3 is 5.32 Å². The zero-order valence-electron chi connectivity index (χ0n) is 11.7. The Labute approximate surface area is 111 Å². The van der Waals surface area contributed by atoms with Crippen LogP contribution in [0.15, 0.2) is 16.8 Å². The van der Waals surface area contributed by atoms with Crippen molar-refractivity contribution in [2.45, 2.75) is 40.5 Å². The quantitative estimate of drug-likeness (QED) is 0.732. The molecule has 0 saturated heterocycles. The van der Waals surface area contributed by atoms with Crippen molar-refractivity contribution in [3.63, 3.8) is 0 Å². The molecule has 2 heteroatoms. The summed E-state index contributed by atoms with van der Waals surface area (Å²) in [6, 6.07) is 2.25. The molecular formula is C15H27NS. The minimum atomic E-state index is 0.753. The Morgan fingerprint density at radius 2 is 1.88 bits per heavy atom. The minimum absolute atomic E-state index is 0.753. The number of hydrogen-bond donors (Lipinski definition) is 1. The van der Waals surface area contributed by atoms with Crippen LogP contribution >= 0.6 is 11.3 Å². The predicted molar refractivity (Wildman–Crippen MR) is 78.7 cm³/mol. The van der Waals surface area contributed by atoms with Crippen LogP contribution in [0.5, 0.6) is 0 Å². The maximum absolute atomic E-state index is 3.56. The predicted octanol–water partition coefficient (Wildman–Crippen LogP) is 4.20. The van der Waals surface area contributed by atoms with Gasteiger partial charge in [-0.2, -0.15) is 11.3 Å². The number of nitrogens with one attached hydrogen (secondary N) is 1. The van der Waals surface area contributed by atoms with Crippen molar-refractivity contribution >= 4 is 11.3 Å². The van der Waals surface area contributed by atoms with Crippen molar-refractivity contribution in [2.75, 3.05) is 13.1 Å². The summed E-state index contributed by atoms with van der Waals surface area (Å²) in [5.74, 6) is 2.32. The molecule has 0 saturated carbocycles. The van der Waals surface area contributed by atoms with Crippen molar-refractivity contribution in [2.24, 2.45) is 17.8 Å². The van der Waals surface area contributed by atoms with Gasteiger partial charge in [0.2, 0.25) is 0 Å². The van der Waals surface area contributed by atoms with Gasteiger partial charge in [0.25, 0.3) is 0 Å². The summed E-state index contributed by atoms with van der Waals surface area (Å²) >= 11 is 1.80. The van der Waals surface area contributed by atoms with Crippen LogP contribution in [0, 0.1) is 17.8 Å². The maximum atomic E-state index is 3.56. The molecule has 1 aromatic heterocycles. The number of thiophene rings is 1. The molecule has 1 nitrogen and oxygen atoms in total. The van der Waals surface area contributed by atoms with E-state index < -0.39 is 0 Å². The first-order chi connectivity index (χ1) is 8.09. The van der Waals surface area contributed by atoms with E-state index in [2.05, 4.69) is 49.8 Å². The van der Waals surface area contributed by atoms with Gasteiger partial charge in [-0.05, 0) is 66.1 Å². The van der Waals surface area contributed by atoms with E-state index in [-0.39, 0.29) is 0 Å². The van der Waals surface area contributed by atoms with Gasteiger partial charge in [0.05, 0.1) is 0 Å². The van der Waals surface area contributed by atoms with Gasteiger partial charge in [-0.1, -0.05) is 27.7 Å². The molecule has 1 N–H and O–H groups in total. The van der Waals surface area contributed by atoms with E-state index in [1.165, 1.54) is 18.4 Å². The van der Waals surface area contributed by atoms with E-state index in [0.29, 0.717) is 0 Å². The molecule has 0 aliphatic rings. The fourth-order valence-corrected chi connectivity index (χ4v) is 2.62. The van der Waals surface area contributed by atoms with Crippen LogP contribution in [0.1, 0.15) is 39.7 Å². The molecule has 98 valence electrons. The Hall–Kier alpha value is -0.340. The highest BCUT2D eigenvalue weighted by molar-refractivity contribution is 7.07. The molecule has 1 heterocycles. The topological polar surface area (TPSA) is 12.0 Å². The molecule has 2 unspecified atom stereocenters. The third-order valence-electron chi connectivity index (χ3n) is 3.46. The fourth-order valence-electron chi connectivity index (χ4n) is 1.91. The monoisotopic (exact) mass is 253 g/mol. The van der Waals surface area contributed by atoms with E-state index >= 15 is 0 Å². The normalized spacial score (nSPS) is 15.1. The summed E-state index contributed by atoms with van der Waals surface area (Å²) in [5, 5.41) is 8.01. The largest absolute Gasteiger partial charge is 0.316 e. The van der Waals surface area contributed by atoms with Crippen LogP contribution < -0.4 is 5.32 Å². The van der Waals surface area contributed by atoms with Gasteiger partial charge in [-0.25, -0.2) is 0 Å². The molecule has 0 aliphatic carbocycles. The molecule has 0 aromatic carbocycles. The minimum Gasteiger partial charge on any atom is -0.316 e. The lowest BCUT2D eigenvalue weighted by atomic mass is 9.90. The van der Waals surface area contributed by atoms with Crippen LogP contribution in [0.3, 0.4) is 0 Å². The molecule has 0 spiro atoms. The third-order valence-corrected chi connectivity index (χ3v) is 4.19. The molecule has 17 heavy (non-hydrogen) atoms. The highest BCUT2D eigenvalue weighted by Crippen LogP contribution is 2.18. The summed E-state index contributed by atoms with van der Waals surface area (Å²) in [7, 11) is 0. The summed E-state index contributed by atoms with van der Waals surface area (Å²) in [6.45, 7) is 11.6. The van der Waals surface area contributed by atoms with E-state index in [1.807, 2.05) is 0 Å². The second-order valence-electron chi connectivity index (χ2n) is 5.68. The van der Waals surface area contributed by atoms with Crippen molar-refractivity contribution in [1.82, 2.24) is 5.32 Å². The smallest absolute Gasteiger partial charge is 0.00205 e. The van der Waals surface area contributed by atoms with Crippen molar-refractivity contribution in [3.05, 3.63) is 22.4 Å². The second-order valence-corrected chi connectivity index (χ2v) is 6.46. The molecule has 0 amide bonds. The van der Waals surface area contributed by atoms with Gasteiger partial charge in [0.1, 0.15) is 0 Å². The molecule has 0 fully saturated rings. The summed E-state index contributed by atoms with van der Waals surface area (Å²) in [6.07, 6.45) is 2.54. The number of hydrogen-bond acceptors (Lipinski definition) is 2. The van der Waals surface area contributed by atoms with Crippen molar-refractivity contribution < 1.29 is 0 Å². The van der Waals surface area contributed by atoms with E-state index in [9.17, 15) is 0 Å². The molecule has 0 bridgehead atoms. The van der Waals surface area contributed by atoms with E-state index in [0.717, 1.165) is 30.8 Å². The first-order valence-corrected chi connectivity index (χ1v) is 7.75. The average Bonchev–Trinajstić information content (AvgIpc) is 2.78. The Morgan fingerprint density at radius 1 is 1.12 bits per heavy atom. The zero-order valence-corrected chi connectivity index (χ0v) is 12.5. The number of aryl methyl sites for hydroxylation is 1. The molecule has 1 aromatic rings. The zero-order chi connectivity index (χ0) is 12.7. The SMILES string of the molecule is CC(C)CNCC(C)C(C)CCc1ccsc1. The summed E-state index contributed by atoms with van der Waals surface area (Å²) in [5.41, 5.74) is 1.50. The molecule has 2 atom stereocenters. The standard InChI is InChI=1S/C15H27NS/c1-12(2)9-16-10-14(4)13(3)5-6-15-7-8-17-11-15/h7-8,11-14,16H,5-6,9-10H2,1-4H3. The highest BCUT2D eigenvalue weighted by Gasteiger charge is 2.12. The average molecular weight is 253 g/mol. The van der Waals surface area contributed by atoms with Crippen LogP contribution in [0.4, 0.5) is 0 Å². The van der Waals surface area contributed by atoms with Crippen LogP contribution in [-0.2, 0) is 6.42 Å². The number of rotatable bonds is 8. The lowest BCUT2D eigenvalue weighted by Crippen LogP contribution is -2.28. The van der Waals surface area contributed by atoms with Crippen LogP contribution in [0.2, 0.25) is 0 Å². The van der Waals surface area contributed by atoms with Crippen molar-refractivity contribution in [1.29, 1.82) is 0 Å². The summed E-state index contributed by atoms with van der Waals surface area (Å²) < 4.78 is 0. The molecule has 1 rings (SSSR count). The van der Waals surface area contributed by atoms with Gasteiger partial charge in [-0.3, -0.25) is 0 Å². The third kappa shape index (κ3) is 6.23. The first kappa shape index (κ1) is 14.7. The Balaban J connectivity index is 2.15. The Morgan fingerprint density at radius 3 is 2.47 bits per heavy atom. The molecule has 0 radical (unpaired) electrons. The van der Waals surface area contributed by atoms with E-state index in [4.69, 9.17) is 0 Å². The molecule has 0 aliphatic heterocycles. The van der Waals surface area contributed by atoms with Crippen LogP contribution in [0.25, 0.3) is 0 Å². The second kappa shape index (κ2) is 7.88. The Bertz CT molecular complexity index is 279. The van der Waals surface area contributed by atoms with Crippen LogP contribution in [-0.4, -0.2) is 13.1 Å².